The number of tetrazole rings is 1. The zero-order valence-corrected chi connectivity index (χ0v) is 14.5. The van der Waals surface area contributed by atoms with Crippen molar-refractivity contribution in [1.29, 1.82) is 0 Å². The second kappa shape index (κ2) is 6.86. The number of nitrogens with zero attached hydrogens (tertiary/aromatic N) is 4. The van der Waals surface area contributed by atoms with Crippen molar-refractivity contribution in [3.63, 3.8) is 0 Å². The number of nitrogens with one attached hydrogen (secondary N) is 1. The van der Waals surface area contributed by atoms with E-state index < -0.39 is 6.04 Å². The first-order valence-corrected chi connectivity index (χ1v) is 8.53. The third kappa shape index (κ3) is 3.42. The molecular weight excluding hydrogens is 328 g/mol. The Labute approximate surface area is 145 Å². The molecule has 2 atom stereocenters. The lowest BCUT2D eigenvalue weighted by atomic mass is 9.99. The number of halogens is 1. The van der Waals surface area contributed by atoms with Crippen molar-refractivity contribution in [1.82, 2.24) is 20.2 Å². The molecule has 1 heterocycles. The molecule has 24 heavy (non-hydrogen) atoms. The summed E-state index contributed by atoms with van der Waals surface area (Å²) in [4.78, 5) is 12.3. The number of anilines is 1. The Morgan fingerprint density at radius 1 is 1.50 bits per heavy atom. The van der Waals surface area contributed by atoms with Crippen LogP contribution in [0.4, 0.5) is 5.69 Å². The summed E-state index contributed by atoms with van der Waals surface area (Å²) in [6.07, 6.45) is 3.01. The molecule has 1 fully saturated rings. The van der Waals surface area contributed by atoms with Crippen LogP contribution >= 0.6 is 11.6 Å². The van der Waals surface area contributed by atoms with E-state index in [1.165, 1.54) is 0 Å². The second-order valence-corrected chi connectivity index (χ2v) is 6.70. The van der Waals surface area contributed by atoms with Crippen molar-refractivity contribution in [2.45, 2.75) is 45.1 Å². The van der Waals surface area contributed by atoms with Gasteiger partial charge in [-0.25, -0.2) is 0 Å². The number of aromatic nitrogens is 4. The SMILES string of the molecule is CCC(C)C(N)C(=O)Nc1ccc(Cl)c(-n2nnnc2C2CC2)c1. The van der Waals surface area contributed by atoms with Gasteiger partial charge in [-0.15, -0.1) is 5.10 Å². The smallest absolute Gasteiger partial charge is 0.241 e. The second-order valence-electron chi connectivity index (χ2n) is 6.29. The Kier molecular flexibility index (Phi) is 4.82. The van der Waals surface area contributed by atoms with E-state index in [4.69, 9.17) is 17.3 Å². The summed E-state index contributed by atoms with van der Waals surface area (Å²) < 4.78 is 1.64. The van der Waals surface area contributed by atoms with Crippen molar-refractivity contribution in [3.05, 3.63) is 29.0 Å². The minimum atomic E-state index is -0.552. The van der Waals surface area contributed by atoms with Crippen LogP contribution in [0.5, 0.6) is 0 Å². The van der Waals surface area contributed by atoms with E-state index >= 15 is 0 Å². The van der Waals surface area contributed by atoms with Crippen molar-refractivity contribution in [2.24, 2.45) is 11.7 Å². The van der Waals surface area contributed by atoms with Crippen molar-refractivity contribution < 1.29 is 4.79 Å². The average molecular weight is 349 g/mol. The normalized spacial score (nSPS) is 16.7. The summed E-state index contributed by atoms with van der Waals surface area (Å²) in [7, 11) is 0. The third-order valence-corrected chi connectivity index (χ3v) is 4.76. The molecule has 0 saturated heterocycles. The maximum Gasteiger partial charge on any atom is 0.241 e. The highest BCUT2D eigenvalue weighted by atomic mass is 35.5. The molecule has 0 spiro atoms. The molecule has 1 aromatic heterocycles. The fourth-order valence-corrected chi connectivity index (χ4v) is 2.65. The van der Waals surface area contributed by atoms with Gasteiger partial charge in [-0.05, 0) is 47.4 Å². The molecule has 128 valence electrons. The van der Waals surface area contributed by atoms with Crippen molar-refractivity contribution in [3.8, 4) is 5.69 Å². The molecule has 3 rings (SSSR count). The van der Waals surface area contributed by atoms with Gasteiger partial charge in [0, 0.05) is 11.6 Å². The van der Waals surface area contributed by atoms with Gasteiger partial charge in [0.15, 0.2) is 5.82 Å². The summed E-state index contributed by atoms with van der Waals surface area (Å²) >= 11 is 6.30. The summed E-state index contributed by atoms with van der Waals surface area (Å²) in [5.41, 5.74) is 7.25. The zero-order chi connectivity index (χ0) is 17.3. The number of carbonyl (C=O) groups is 1. The predicted molar refractivity (Wildman–Crippen MR) is 92.2 cm³/mol. The van der Waals surface area contributed by atoms with Crippen LogP contribution < -0.4 is 11.1 Å². The van der Waals surface area contributed by atoms with E-state index in [-0.39, 0.29) is 11.8 Å². The van der Waals surface area contributed by atoms with Crippen molar-refractivity contribution >= 4 is 23.2 Å². The largest absolute Gasteiger partial charge is 0.325 e. The summed E-state index contributed by atoms with van der Waals surface area (Å²) in [6, 6.07) is 4.68. The first kappa shape index (κ1) is 16.9. The molecule has 2 aromatic rings. The standard InChI is InChI=1S/C16H21ClN6O/c1-3-9(2)14(18)16(24)19-11-6-7-12(17)13(8-11)23-15(10-4-5-10)20-21-22-23/h6-10,14H,3-5,18H2,1-2H3,(H,19,24). The summed E-state index contributed by atoms with van der Waals surface area (Å²) in [6.45, 7) is 3.97. The fourth-order valence-electron chi connectivity index (χ4n) is 2.45. The van der Waals surface area contributed by atoms with E-state index in [0.29, 0.717) is 22.3 Å². The lowest BCUT2D eigenvalue weighted by molar-refractivity contribution is -0.118. The van der Waals surface area contributed by atoms with Gasteiger partial charge in [-0.1, -0.05) is 31.9 Å². The number of hydrogen-bond donors (Lipinski definition) is 2. The Morgan fingerprint density at radius 2 is 2.25 bits per heavy atom. The maximum absolute atomic E-state index is 12.3. The van der Waals surface area contributed by atoms with Crippen LogP contribution in [0.1, 0.15) is 44.9 Å². The van der Waals surface area contributed by atoms with E-state index in [9.17, 15) is 4.79 Å². The molecule has 1 amide bonds. The molecule has 0 bridgehead atoms. The van der Waals surface area contributed by atoms with Gasteiger partial charge in [0.1, 0.15) is 0 Å². The molecule has 1 aromatic carbocycles. The number of rotatable bonds is 6. The lowest BCUT2D eigenvalue weighted by Gasteiger charge is -2.18. The molecule has 3 N–H and O–H groups in total. The molecule has 1 aliphatic carbocycles. The van der Waals surface area contributed by atoms with E-state index in [1.54, 1.807) is 22.9 Å². The van der Waals surface area contributed by atoms with Gasteiger partial charge in [0.05, 0.1) is 16.8 Å². The van der Waals surface area contributed by atoms with E-state index in [1.807, 2.05) is 13.8 Å². The average Bonchev–Trinajstić information content (AvgIpc) is 3.32. The van der Waals surface area contributed by atoms with Crippen LogP contribution in [0.25, 0.3) is 5.69 Å². The van der Waals surface area contributed by atoms with Gasteiger partial charge in [-0.2, -0.15) is 4.68 Å². The van der Waals surface area contributed by atoms with E-state index in [2.05, 4.69) is 20.8 Å². The Balaban J connectivity index is 1.84. The topological polar surface area (TPSA) is 98.7 Å². The molecule has 2 unspecified atom stereocenters. The van der Waals surface area contributed by atoms with Gasteiger partial charge >= 0.3 is 0 Å². The number of carbonyl (C=O) groups excluding carboxylic acids is 1. The summed E-state index contributed by atoms with van der Waals surface area (Å²) in [5.74, 6) is 1.08. The molecule has 1 aliphatic rings. The summed E-state index contributed by atoms with van der Waals surface area (Å²) in [5, 5.41) is 15.2. The quantitative estimate of drug-likeness (QED) is 0.835. The van der Waals surface area contributed by atoms with Crippen LogP contribution in [-0.2, 0) is 4.79 Å². The number of amides is 1. The molecule has 1 saturated carbocycles. The third-order valence-electron chi connectivity index (χ3n) is 4.44. The van der Waals surface area contributed by atoms with Gasteiger partial charge in [0.25, 0.3) is 0 Å². The monoisotopic (exact) mass is 348 g/mol. The highest BCUT2D eigenvalue weighted by Gasteiger charge is 2.30. The van der Waals surface area contributed by atoms with Crippen LogP contribution in [0.3, 0.4) is 0 Å². The van der Waals surface area contributed by atoms with Crippen LogP contribution in [0.2, 0.25) is 5.02 Å². The van der Waals surface area contributed by atoms with Crippen molar-refractivity contribution in [2.75, 3.05) is 5.32 Å². The maximum atomic E-state index is 12.3. The number of benzene rings is 1. The van der Waals surface area contributed by atoms with Crippen LogP contribution in [0, 0.1) is 5.92 Å². The minimum absolute atomic E-state index is 0.109. The molecular formula is C16H21ClN6O. The van der Waals surface area contributed by atoms with E-state index in [0.717, 1.165) is 25.1 Å². The van der Waals surface area contributed by atoms with Crippen LogP contribution in [-0.4, -0.2) is 32.2 Å². The Hall–Kier alpha value is -1.99. The van der Waals surface area contributed by atoms with Gasteiger partial charge in [-0.3, -0.25) is 4.79 Å². The highest BCUT2D eigenvalue weighted by molar-refractivity contribution is 6.32. The minimum Gasteiger partial charge on any atom is -0.325 e. The zero-order valence-electron chi connectivity index (χ0n) is 13.7. The number of nitrogens with two attached hydrogens (primary N) is 1. The van der Waals surface area contributed by atoms with Gasteiger partial charge in [0.2, 0.25) is 5.91 Å². The molecule has 7 nitrogen and oxygen atoms in total. The first-order valence-electron chi connectivity index (χ1n) is 8.16. The Bertz CT molecular complexity index is 742. The molecule has 0 radical (unpaired) electrons. The number of hydrogen-bond acceptors (Lipinski definition) is 5. The van der Waals surface area contributed by atoms with Crippen LogP contribution in [0.15, 0.2) is 18.2 Å². The molecule has 8 heteroatoms. The Morgan fingerprint density at radius 3 is 2.92 bits per heavy atom. The lowest BCUT2D eigenvalue weighted by Crippen LogP contribution is -2.40. The fraction of sp³-hybridized carbons (Fsp3) is 0.500. The predicted octanol–water partition coefficient (Wildman–Crippen LogP) is 2.51. The van der Waals surface area contributed by atoms with Gasteiger partial charge < -0.3 is 11.1 Å². The molecule has 0 aliphatic heterocycles. The highest BCUT2D eigenvalue weighted by Crippen LogP contribution is 2.39. The first-order chi connectivity index (χ1) is 11.5.